The van der Waals surface area contributed by atoms with Gasteiger partial charge in [-0.3, -0.25) is 4.99 Å². The summed E-state index contributed by atoms with van der Waals surface area (Å²) in [5.74, 6) is 2.31. The molecule has 132 valence electrons. The summed E-state index contributed by atoms with van der Waals surface area (Å²) < 4.78 is 5.56. The summed E-state index contributed by atoms with van der Waals surface area (Å²) in [6.45, 7) is 6.56. The number of nitrogens with zero attached hydrogens (tertiary/aromatic N) is 2. The molecule has 0 fully saturated rings. The highest BCUT2D eigenvalue weighted by Gasteiger charge is 2.08. The van der Waals surface area contributed by atoms with E-state index in [1.54, 1.807) is 7.05 Å². The van der Waals surface area contributed by atoms with Crippen LogP contribution in [0.25, 0.3) is 0 Å². The van der Waals surface area contributed by atoms with Gasteiger partial charge in [-0.2, -0.15) is 0 Å². The summed E-state index contributed by atoms with van der Waals surface area (Å²) in [5.41, 5.74) is 2.29. The molecule has 1 heterocycles. The van der Waals surface area contributed by atoms with Crippen LogP contribution in [0.4, 0.5) is 0 Å². The number of guanidine groups is 1. The van der Waals surface area contributed by atoms with Gasteiger partial charge in [0.25, 0.3) is 0 Å². The maximum Gasteiger partial charge on any atom is 0.214 e. The number of aryl methyl sites for hydroxylation is 3. The molecule has 1 atom stereocenters. The summed E-state index contributed by atoms with van der Waals surface area (Å²) in [6.07, 6.45) is 2.09. The number of rotatable bonds is 6. The van der Waals surface area contributed by atoms with Crippen molar-refractivity contribution in [2.45, 2.75) is 46.2 Å². The van der Waals surface area contributed by atoms with Crippen LogP contribution in [0.3, 0.4) is 0 Å². The topological polar surface area (TPSA) is 62.5 Å². The van der Waals surface area contributed by atoms with E-state index in [1.165, 1.54) is 5.56 Å². The van der Waals surface area contributed by atoms with E-state index in [0.29, 0.717) is 18.5 Å². The first-order valence-corrected chi connectivity index (χ1v) is 8.02. The average Bonchev–Trinajstić information content (AvgIpc) is 2.88. The second-order valence-electron chi connectivity index (χ2n) is 5.74. The maximum atomic E-state index is 5.56. The van der Waals surface area contributed by atoms with Crippen molar-refractivity contribution in [3.8, 4) is 0 Å². The third kappa shape index (κ3) is 6.51. The van der Waals surface area contributed by atoms with E-state index >= 15 is 0 Å². The molecule has 0 aliphatic rings. The molecule has 1 aromatic heterocycles. The molecule has 0 spiro atoms. The second kappa shape index (κ2) is 10.3. The van der Waals surface area contributed by atoms with Crippen LogP contribution in [0.1, 0.15) is 36.3 Å². The fourth-order valence-corrected chi connectivity index (χ4v) is 2.30. The van der Waals surface area contributed by atoms with Gasteiger partial charge in [-0.25, -0.2) is 4.98 Å². The summed E-state index contributed by atoms with van der Waals surface area (Å²) >= 11 is 0. The molecule has 1 unspecified atom stereocenters. The average molecular weight is 442 g/mol. The van der Waals surface area contributed by atoms with E-state index in [0.717, 1.165) is 30.3 Å². The van der Waals surface area contributed by atoms with Gasteiger partial charge in [0.1, 0.15) is 5.76 Å². The molecule has 6 heteroatoms. The van der Waals surface area contributed by atoms with E-state index in [-0.39, 0.29) is 24.0 Å². The van der Waals surface area contributed by atoms with Gasteiger partial charge in [0.05, 0.1) is 12.2 Å². The smallest absolute Gasteiger partial charge is 0.214 e. The zero-order valence-corrected chi connectivity index (χ0v) is 17.1. The number of halogens is 1. The zero-order valence-electron chi connectivity index (χ0n) is 14.8. The minimum absolute atomic E-state index is 0. The molecule has 24 heavy (non-hydrogen) atoms. The van der Waals surface area contributed by atoms with Crippen molar-refractivity contribution in [3.05, 3.63) is 53.2 Å². The number of benzene rings is 1. The summed E-state index contributed by atoms with van der Waals surface area (Å²) in [7, 11) is 1.77. The van der Waals surface area contributed by atoms with Crippen molar-refractivity contribution in [3.63, 3.8) is 0 Å². The predicted molar refractivity (Wildman–Crippen MR) is 109 cm³/mol. The molecule has 0 saturated heterocycles. The Morgan fingerprint density at radius 1 is 1.25 bits per heavy atom. The normalized spacial score (nSPS) is 12.4. The third-order valence-corrected chi connectivity index (χ3v) is 3.80. The van der Waals surface area contributed by atoms with Crippen LogP contribution in [-0.4, -0.2) is 24.0 Å². The maximum absolute atomic E-state index is 5.56. The highest BCUT2D eigenvalue weighted by atomic mass is 127. The van der Waals surface area contributed by atoms with Gasteiger partial charge >= 0.3 is 0 Å². The van der Waals surface area contributed by atoms with Crippen LogP contribution in [0.15, 0.2) is 39.7 Å². The molecule has 2 N–H and O–H groups in total. The number of oxazole rings is 1. The number of aromatic nitrogens is 1. The van der Waals surface area contributed by atoms with Gasteiger partial charge in [0.2, 0.25) is 5.89 Å². The second-order valence-corrected chi connectivity index (χ2v) is 5.74. The zero-order chi connectivity index (χ0) is 16.7. The molecule has 0 radical (unpaired) electrons. The van der Waals surface area contributed by atoms with E-state index in [1.807, 2.05) is 19.9 Å². The molecule has 0 aliphatic carbocycles. The molecule has 5 nitrogen and oxygen atoms in total. The Balaban J connectivity index is 0.00000288. The lowest BCUT2D eigenvalue weighted by atomic mass is 10.1. The van der Waals surface area contributed by atoms with E-state index < -0.39 is 0 Å². The molecule has 2 rings (SSSR count). The van der Waals surface area contributed by atoms with E-state index in [9.17, 15) is 0 Å². The standard InChI is InChI=1S/C18H26N4O.HI/c1-13(10-11-16-8-6-5-7-9-16)21-18(19-4)20-12-17-22-14(2)15(3)23-17;/h5-9,13H,10-12H2,1-4H3,(H2,19,20,21);1H. The molecule has 2 aromatic rings. The van der Waals surface area contributed by atoms with Gasteiger partial charge in [0, 0.05) is 13.1 Å². The quantitative estimate of drug-likeness (QED) is 0.408. The Labute approximate surface area is 161 Å². The molecular formula is C18H27IN4O. The summed E-state index contributed by atoms with van der Waals surface area (Å²) in [5, 5.41) is 6.64. The SMILES string of the molecule is CN=C(NCc1nc(C)c(C)o1)NC(C)CCc1ccccc1.I. The molecule has 0 bridgehead atoms. The lowest BCUT2D eigenvalue weighted by Gasteiger charge is -2.17. The first-order chi connectivity index (χ1) is 11.1. The van der Waals surface area contributed by atoms with Gasteiger partial charge in [-0.15, -0.1) is 24.0 Å². The number of nitrogens with one attached hydrogen (secondary N) is 2. The predicted octanol–water partition coefficient (Wildman–Crippen LogP) is 3.60. The Bertz CT molecular complexity index is 620. The molecule has 0 saturated carbocycles. The van der Waals surface area contributed by atoms with Gasteiger partial charge in [-0.05, 0) is 39.2 Å². The Morgan fingerprint density at radius 2 is 1.96 bits per heavy atom. The van der Waals surface area contributed by atoms with Crippen molar-refractivity contribution >= 4 is 29.9 Å². The number of hydrogen-bond donors (Lipinski definition) is 2. The first-order valence-electron chi connectivity index (χ1n) is 8.02. The highest BCUT2D eigenvalue weighted by Crippen LogP contribution is 2.08. The van der Waals surface area contributed by atoms with Crippen LogP contribution in [0, 0.1) is 13.8 Å². The third-order valence-electron chi connectivity index (χ3n) is 3.80. The molecular weight excluding hydrogens is 415 g/mol. The van der Waals surface area contributed by atoms with Crippen molar-refractivity contribution < 1.29 is 4.42 Å². The molecule has 0 aliphatic heterocycles. The number of aliphatic imine (C=N–C) groups is 1. The van der Waals surface area contributed by atoms with Crippen LogP contribution in [-0.2, 0) is 13.0 Å². The van der Waals surface area contributed by atoms with Crippen LogP contribution in [0.2, 0.25) is 0 Å². The van der Waals surface area contributed by atoms with Crippen LogP contribution < -0.4 is 10.6 Å². The lowest BCUT2D eigenvalue weighted by molar-refractivity contribution is 0.462. The minimum atomic E-state index is 0. The van der Waals surface area contributed by atoms with Crippen molar-refractivity contribution in [1.82, 2.24) is 15.6 Å². The van der Waals surface area contributed by atoms with E-state index in [4.69, 9.17) is 4.42 Å². The molecule has 1 aromatic carbocycles. The van der Waals surface area contributed by atoms with Gasteiger partial charge < -0.3 is 15.1 Å². The monoisotopic (exact) mass is 442 g/mol. The summed E-state index contributed by atoms with van der Waals surface area (Å²) in [4.78, 5) is 8.61. The van der Waals surface area contributed by atoms with Crippen LogP contribution in [0.5, 0.6) is 0 Å². The van der Waals surface area contributed by atoms with E-state index in [2.05, 4.69) is 51.8 Å². The Kier molecular flexibility index (Phi) is 8.81. The Morgan fingerprint density at radius 3 is 2.54 bits per heavy atom. The first kappa shape index (κ1) is 20.5. The van der Waals surface area contributed by atoms with Crippen molar-refractivity contribution in [2.75, 3.05) is 7.05 Å². The summed E-state index contributed by atoms with van der Waals surface area (Å²) in [6, 6.07) is 10.8. The largest absolute Gasteiger partial charge is 0.444 e. The fraction of sp³-hybridized carbons (Fsp3) is 0.444. The van der Waals surface area contributed by atoms with Gasteiger partial charge in [-0.1, -0.05) is 30.3 Å². The van der Waals surface area contributed by atoms with Gasteiger partial charge in [0.15, 0.2) is 5.96 Å². The van der Waals surface area contributed by atoms with Crippen molar-refractivity contribution in [2.24, 2.45) is 4.99 Å². The van der Waals surface area contributed by atoms with Crippen LogP contribution >= 0.6 is 24.0 Å². The highest BCUT2D eigenvalue weighted by molar-refractivity contribution is 14.0. The fourth-order valence-electron chi connectivity index (χ4n) is 2.30. The minimum Gasteiger partial charge on any atom is -0.444 e. The molecule has 0 amide bonds. The lowest BCUT2D eigenvalue weighted by Crippen LogP contribution is -2.42. The Hall–Kier alpha value is -1.57. The van der Waals surface area contributed by atoms with Crippen molar-refractivity contribution in [1.29, 1.82) is 0 Å². The number of hydrogen-bond acceptors (Lipinski definition) is 3.